The van der Waals surface area contributed by atoms with Crippen LogP contribution in [0.25, 0.3) is 0 Å². The van der Waals surface area contributed by atoms with E-state index in [0.29, 0.717) is 6.42 Å². The van der Waals surface area contributed by atoms with E-state index in [9.17, 15) is 4.79 Å². The quantitative estimate of drug-likeness (QED) is 0.698. The van der Waals surface area contributed by atoms with Gasteiger partial charge in [-0.2, -0.15) is 11.8 Å². The summed E-state index contributed by atoms with van der Waals surface area (Å²) in [6.07, 6.45) is 5.70. The van der Waals surface area contributed by atoms with Crippen LogP contribution < -0.4 is 10.6 Å². The fourth-order valence-corrected chi connectivity index (χ4v) is 2.76. The van der Waals surface area contributed by atoms with E-state index in [1.54, 1.807) is 0 Å². The summed E-state index contributed by atoms with van der Waals surface area (Å²) in [5, 5.41) is 6.11. The highest BCUT2D eigenvalue weighted by Crippen LogP contribution is 2.32. The van der Waals surface area contributed by atoms with E-state index in [1.165, 1.54) is 0 Å². The molecular formula is C12H25ClN2O2S. The monoisotopic (exact) mass is 296 g/mol. The highest BCUT2D eigenvalue weighted by Gasteiger charge is 2.31. The molecule has 1 saturated heterocycles. The van der Waals surface area contributed by atoms with Gasteiger partial charge in [0.1, 0.15) is 0 Å². The molecule has 0 saturated carbocycles. The van der Waals surface area contributed by atoms with Crippen molar-refractivity contribution in [3.8, 4) is 0 Å². The van der Waals surface area contributed by atoms with Crippen molar-refractivity contribution in [2.24, 2.45) is 0 Å². The summed E-state index contributed by atoms with van der Waals surface area (Å²) < 4.78 is 5.57. The molecule has 108 valence electrons. The number of hydrogen-bond acceptors (Lipinski definition) is 4. The fraction of sp³-hybridized carbons (Fsp3) is 0.917. The Morgan fingerprint density at radius 2 is 2.06 bits per heavy atom. The predicted molar refractivity (Wildman–Crippen MR) is 79.7 cm³/mol. The lowest BCUT2D eigenvalue weighted by Crippen LogP contribution is -2.44. The zero-order valence-electron chi connectivity index (χ0n) is 11.3. The Bertz CT molecular complexity index is 236. The van der Waals surface area contributed by atoms with Crippen LogP contribution in [0.5, 0.6) is 0 Å². The summed E-state index contributed by atoms with van der Waals surface area (Å²) >= 11 is 1.86. The molecule has 4 nitrogen and oxygen atoms in total. The molecular weight excluding hydrogens is 272 g/mol. The molecule has 0 atom stereocenters. The number of thioether (sulfide) groups is 1. The first-order valence-electron chi connectivity index (χ1n) is 6.27. The van der Waals surface area contributed by atoms with Gasteiger partial charge in [0.15, 0.2) is 0 Å². The summed E-state index contributed by atoms with van der Waals surface area (Å²) in [4.78, 5) is 11.6. The maximum Gasteiger partial charge on any atom is 0.220 e. The van der Waals surface area contributed by atoms with Gasteiger partial charge in [0.2, 0.25) is 5.91 Å². The molecule has 0 aliphatic carbocycles. The topological polar surface area (TPSA) is 50.4 Å². The van der Waals surface area contributed by atoms with Crippen molar-refractivity contribution in [3.63, 3.8) is 0 Å². The molecule has 0 aromatic rings. The number of rotatable bonds is 7. The highest BCUT2D eigenvalue weighted by molar-refractivity contribution is 8.00. The molecule has 1 rings (SSSR count). The maximum atomic E-state index is 11.6. The summed E-state index contributed by atoms with van der Waals surface area (Å²) in [5.74, 6) is 0.167. The van der Waals surface area contributed by atoms with Crippen LogP contribution in [0.2, 0.25) is 0 Å². The Kier molecular flexibility index (Phi) is 9.91. The van der Waals surface area contributed by atoms with Crippen LogP contribution in [0.3, 0.4) is 0 Å². The number of nitrogens with one attached hydrogen (secondary N) is 2. The molecule has 0 spiro atoms. The third-order valence-electron chi connectivity index (χ3n) is 3.28. The number of carbonyl (C=O) groups excluding carboxylic acids is 1. The summed E-state index contributed by atoms with van der Waals surface area (Å²) in [7, 11) is 1.91. The molecule has 1 aliphatic heterocycles. The smallest absolute Gasteiger partial charge is 0.220 e. The largest absolute Gasteiger partial charge is 0.381 e. The molecule has 1 fully saturated rings. The van der Waals surface area contributed by atoms with Crippen molar-refractivity contribution < 1.29 is 9.53 Å². The summed E-state index contributed by atoms with van der Waals surface area (Å²) in [5.41, 5.74) is 0. The normalized spacial score (nSPS) is 17.9. The average Bonchev–Trinajstić information content (AvgIpc) is 2.38. The Labute approximate surface area is 120 Å². The number of amides is 1. The lowest BCUT2D eigenvalue weighted by molar-refractivity contribution is -0.121. The minimum atomic E-state index is 0. The summed E-state index contributed by atoms with van der Waals surface area (Å²) in [6, 6.07) is 0. The van der Waals surface area contributed by atoms with E-state index >= 15 is 0 Å². The Balaban J connectivity index is 0.00000289. The van der Waals surface area contributed by atoms with Crippen molar-refractivity contribution in [2.45, 2.75) is 30.4 Å². The molecule has 0 radical (unpaired) electrons. The SMILES string of the molecule is CNCCCC(=O)NCC1(SC)CCOCC1.Cl. The minimum Gasteiger partial charge on any atom is -0.381 e. The Morgan fingerprint density at radius 1 is 1.39 bits per heavy atom. The molecule has 0 bridgehead atoms. The van der Waals surface area contributed by atoms with Gasteiger partial charge in [0.05, 0.1) is 0 Å². The van der Waals surface area contributed by atoms with Crippen LogP contribution in [0.1, 0.15) is 25.7 Å². The third kappa shape index (κ3) is 6.27. The molecule has 1 heterocycles. The van der Waals surface area contributed by atoms with Gasteiger partial charge in [0.25, 0.3) is 0 Å². The second-order valence-electron chi connectivity index (χ2n) is 4.48. The minimum absolute atomic E-state index is 0. The van der Waals surface area contributed by atoms with Gasteiger partial charge in [-0.3, -0.25) is 4.79 Å². The second-order valence-corrected chi connectivity index (χ2v) is 5.76. The standard InChI is InChI=1S/C12H24N2O2S.ClH/c1-13-7-3-4-11(15)14-10-12(17-2)5-8-16-9-6-12;/h13H,3-10H2,1-2H3,(H,14,15);1H. The van der Waals surface area contributed by atoms with E-state index in [0.717, 1.165) is 45.6 Å². The molecule has 6 heteroatoms. The zero-order chi connectivity index (χ0) is 12.6. The van der Waals surface area contributed by atoms with Crippen LogP contribution >= 0.6 is 24.2 Å². The predicted octanol–water partition coefficient (Wildman–Crippen LogP) is 1.44. The first kappa shape index (κ1) is 18.0. The van der Waals surface area contributed by atoms with Gasteiger partial charge < -0.3 is 15.4 Å². The van der Waals surface area contributed by atoms with E-state index in [4.69, 9.17) is 4.74 Å². The zero-order valence-corrected chi connectivity index (χ0v) is 12.9. The maximum absolute atomic E-state index is 11.6. The van der Waals surface area contributed by atoms with E-state index in [2.05, 4.69) is 16.9 Å². The van der Waals surface area contributed by atoms with Crippen molar-refractivity contribution in [1.82, 2.24) is 10.6 Å². The van der Waals surface area contributed by atoms with E-state index in [-0.39, 0.29) is 23.1 Å². The van der Waals surface area contributed by atoms with Crippen molar-refractivity contribution in [1.29, 1.82) is 0 Å². The molecule has 18 heavy (non-hydrogen) atoms. The van der Waals surface area contributed by atoms with Gasteiger partial charge in [-0.25, -0.2) is 0 Å². The fourth-order valence-electron chi connectivity index (χ4n) is 1.97. The van der Waals surface area contributed by atoms with Gasteiger partial charge >= 0.3 is 0 Å². The second kappa shape index (κ2) is 9.89. The van der Waals surface area contributed by atoms with E-state index < -0.39 is 0 Å². The van der Waals surface area contributed by atoms with Crippen LogP contribution in [-0.2, 0) is 9.53 Å². The van der Waals surface area contributed by atoms with Gasteiger partial charge in [-0.15, -0.1) is 12.4 Å². The number of carbonyl (C=O) groups is 1. The number of ether oxygens (including phenoxy) is 1. The molecule has 1 amide bonds. The molecule has 1 aliphatic rings. The summed E-state index contributed by atoms with van der Waals surface area (Å²) in [6.45, 7) is 3.30. The van der Waals surface area contributed by atoms with Gasteiger partial charge in [-0.1, -0.05) is 0 Å². The first-order valence-corrected chi connectivity index (χ1v) is 7.49. The molecule has 0 unspecified atom stereocenters. The lowest BCUT2D eigenvalue weighted by atomic mass is 9.99. The average molecular weight is 297 g/mol. The van der Waals surface area contributed by atoms with Gasteiger partial charge in [-0.05, 0) is 39.1 Å². The van der Waals surface area contributed by atoms with Crippen molar-refractivity contribution in [3.05, 3.63) is 0 Å². The highest BCUT2D eigenvalue weighted by atomic mass is 35.5. The first-order chi connectivity index (χ1) is 8.22. The number of hydrogen-bond donors (Lipinski definition) is 2. The van der Waals surface area contributed by atoms with Crippen LogP contribution in [0, 0.1) is 0 Å². The Morgan fingerprint density at radius 3 is 2.61 bits per heavy atom. The third-order valence-corrected chi connectivity index (χ3v) is 4.69. The van der Waals surface area contributed by atoms with E-state index in [1.807, 2.05) is 18.8 Å². The molecule has 0 aromatic heterocycles. The van der Waals surface area contributed by atoms with Crippen LogP contribution in [0.4, 0.5) is 0 Å². The van der Waals surface area contributed by atoms with Crippen LogP contribution in [0.15, 0.2) is 0 Å². The Hall–Kier alpha value is 0.0300. The number of halogens is 1. The lowest BCUT2D eigenvalue weighted by Gasteiger charge is -2.35. The van der Waals surface area contributed by atoms with Crippen molar-refractivity contribution in [2.75, 3.05) is 39.6 Å². The molecule has 2 N–H and O–H groups in total. The van der Waals surface area contributed by atoms with Crippen molar-refractivity contribution >= 4 is 30.1 Å². The molecule has 0 aromatic carbocycles. The van der Waals surface area contributed by atoms with Crippen LogP contribution in [-0.4, -0.2) is 50.3 Å². The van der Waals surface area contributed by atoms with Gasteiger partial charge in [0, 0.05) is 30.9 Å².